The predicted octanol–water partition coefficient (Wildman–Crippen LogP) is 3.59. The lowest BCUT2D eigenvalue weighted by Gasteiger charge is -2.34. The van der Waals surface area contributed by atoms with E-state index in [0.29, 0.717) is 19.0 Å². The molecular formula is C14H22ClF3N2. The van der Waals surface area contributed by atoms with Crippen LogP contribution in [0.1, 0.15) is 31.9 Å². The lowest BCUT2D eigenvalue weighted by atomic mass is 9.88. The molecule has 1 unspecified atom stereocenters. The highest BCUT2D eigenvalue weighted by Crippen LogP contribution is 2.29. The summed E-state index contributed by atoms with van der Waals surface area (Å²) < 4.78 is 37.3. The van der Waals surface area contributed by atoms with Crippen molar-refractivity contribution in [2.75, 3.05) is 6.54 Å². The summed E-state index contributed by atoms with van der Waals surface area (Å²) in [5.41, 5.74) is 5.71. The smallest absolute Gasteiger partial charge is 0.329 e. The van der Waals surface area contributed by atoms with E-state index >= 15 is 0 Å². The first-order valence-corrected chi connectivity index (χ1v) is 6.30. The second-order valence-corrected chi connectivity index (χ2v) is 5.32. The molecule has 20 heavy (non-hydrogen) atoms. The molecule has 0 radical (unpaired) electrons. The van der Waals surface area contributed by atoms with Crippen molar-refractivity contribution in [3.63, 3.8) is 0 Å². The topological polar surface area (TPSA) is 38.0 Å². The van der Waals surface area contributed by atoms with E-state index in [2.05, 4.69) is 19.2 Å². The average Bonchev–Trinajstić information content (AvgIpc) is 2.35. The van der Waals surface area contributed by atoms with E-state index in [-0.39, 0.29) is 17.9 Å². The fourth-order valence-electron chi connectivity index (χ4n) is 1.63. The summed E-state index contributed by atoms with van der Waals surface area (Å²) in [4.78, 5) is 0. The monoisotopic (exact) mass is 310 g/mol. The van der Waals surface area contributed by atoms with Gasteiger partial charge in [0.05, 0.1) is 5.56 Å². The van der Waals surface area contributed by atoms with Crippen LogP contribution in [0.25, 0.3) is 0 Å². The first-order chi connectivity index (χ1) is 8.69. The molecule has 0 aliphatic rings. The molecule has 0 aliphatic carbocycles. The van der Waals surface area contributed by atoms with Crippen molar-refractivity contribution in [3.8, 4) is 0 Å². The van der Waals surface area contributed by atoms with Gasteiger partial charge in [-0.25, -0.2) is 0 Å². The van der Waals surface area contributed by atoms with Gasteiger partial charge in [0.25, 0.3) is 0 Å². The molecule has 0 heterocycles. The van der Waals surface area contributed by atoms with Gasteiger partial charge in [0, 0.05) is 18.6 Å². The lowest BCUT2D eigenvalue weighted by molar-refractivity contribution is -0.137. The summed E-state index contributed by atoms with van der Waals surface area (Å²) in [6.45, 7) is 7.12. The first-order valence-electron chi connectivity index (χ1n) is 6.30. The largest absolute Gasteiger partial charge is 0.416 e. The number of hydrogen-bond acceptors (Lipinski definition) is 2. The zero-order chi connectivity index (χ0) is 14.7. The summed E-state index contributed by atoms with van der Waals surface area (Å²) >= 11 is 0. The van der Waals surface area contributed by atoms with Crippen LogP contribution in [0.4, 0.5) is 13.2 Å². The maximum absolute atomic E-state index is 12.4. The minimum Gasteiger partial charge on any atom is -0.329 e. The SMILES string of the molecule is CC(C)C(C)(CN)NCc1ccc(C(F)(F)F)cc1.Cl. The summed E-state index contributed by atoms with van der Waals surface area (Å²) in [5, 5.41) is 3.31. The van der Waals surface area contributed by atoms with Crippen LogP contribution in [0.2, 0.25) is 0 Å². The van der Waals surface area contributed by atoms with E-state index < -0.39 is 11.7 Å². The highest BCUT2D eigenvalue weighted by molar-refractivity contribution is 5.85. The molecule has 0 bridgehead atoms. The number of alkyl halides is 3. The average molecular weight is 311 g/mol. The molecule has 2 nitrogen and oxygen atoms in total. The highest BCUT2D eigenvalue weighted by Gasteiger charge is 2.30. The van der Waals surface area contributed by atoms with Crippen LogP contribution in [0.15, 0.2) is 24.3 Å². The van der Waals surface area contributed by atoms with Crippen molar-refractivity contribution in [2.45, 2.75) is 39.0 Å². The van der Waals surface area contributed by atoms with Gasteiger partial charge < -0.3 is 11.1 Å². The Morgan fingerprint density at radius 1 is 1.15 bits per heavy atom. The molecule has 0 saturated heterocycles. The van der Waals surface area contributed by atoms with Crippen molar-refractivity contribution < 1.29 is 13.2 Å². The minimum atomic E-state index is -4.28. The Morgan fingerprint density at radius 2 is 1.65 bits per heavy atom. The van der Waals surface area contributed by atoms with E-state index in [0.717, 1.165) is 17.7 Å². The zero-order valence-electron chi connectivity index (χ0n) is 11.9. The maximum Gasteiger partial charge on any atom is 0.416 e. The van der Waals surface area contributed by atoms with Gasteiger partial charge in [-0.3, -0.25) is 0 Å². The fourth-order valence-corrected chi connectivity index (χ4v) is 1.63. The molecule has 1 aromatic rings. The van der Waals surface area contributed by atoms with Crippen LogP contribution in [-0.2, 0) is 12.7 Å². The number of rotatable bonds is 5. The van der Waals surface area contributed by atoms with Gasteiger partial charge in [0.2, 0.25) is 0 Å². The van der Waals surface area contributed by atoms with Crippen LogP contribution < -0.4 is 11.1 Å². The molecule has 0 aromatic heterocycles. The standard InChI is InChI=1S/C14H21F3N2.ClH/c1-10(2)13(3,9-18)19-8-11-4-6-12(7-5-11)14(15,16)17;/h4-7,10,19H,8-9,18H2,1-3H3;1H. The van der Waals surface area contributed by atoms with Gasteiger partial charge >= 0.3 is 6.18 Å². The van der Waals surface area contributed by atoms with Gasteiger partial charge in [-0.05, 0) is 30.5 Å². The molecule has 6 heteroatoms. The normalized spacial score (nSPS) is 14.8. The van der Waals surface area contributed by atoms with Gasteiger partial charge in [-0.2, -0.15) is 13.2 Å². The second-order valence-electron chi connectivity index (χ2n) is 5.32. The van der Waals surface area contributed by atoms with E-state index in [1.54, 1.807) is 0 Å². The van der Waals surface area contributed by atoms with E-state index in [1.807, 2.05) is 6.92 Å². The summed E-state index contributed by atoms with van der Waals surface area (Å²) in [6, 6.07) is 5.19. The molecule has 3 N–H and O–H groups in total. The van der Waals surface area contributed by atoms with Gasteiger partial charge in [-0.1, -0.05) is 26.0 Å². The van der Waals surface area contributed by atoms with E-state index in [4.69, 9.17) is 5.73 Å². The number of nitrogens with two attached hydrogens (primary N) is 1. The van der Waals surface area contributed by atoms with Crippen LogP contribution >= 0.6 is 12.4 Å². The third kappa shape index (κ3) is 4.96. The van der Waals surface area contributed by atoms with E-state index in [9.17, 15) is 13.2 Å². The molecular weight excluding hydrogens is 289 g/mol. The molecule has 0 amide bonds. The summed E-state index contributed by atoms with van der Waals surface area (Å²) in [5.74, 6) is 0.340. The molecule has 0 fully saturated rings. The van der Waals surface area contributed by atoms with Crippen molar-refractivity contribution >= 4 is 12.4 Å². The Bertz CT molecular complexity index is 404. The molecule has 1 atom stereocenters. The Kier molecular flexibility index (Phi) is 7.01. The highest BCUT2D eigenvalue weighted by atomic mass is 35.5. The van der Waals surface area contributed by atoms with Gasteiger partial charge in [0.15, 0.2) is 0 Å². The summed E-state index contributed by atoms with van der Waals surface area (Å²) in [7, 11) is 0. The van der Waals surface area contributed by atoms with Crippen molar-refractivity contribution in [2.24, 2.45) is 11.7 Å². The molecule has 1 aromatic carbocycles. The molecule has 1 rings (SSSR count). The predicted molar refractivity (Wildman–Crippen MR) is 77.8 cm³/mol. The van der Waals surface area contributed by atoms with Gasteiger partial charge in [0.1, 0.15) is 0 Å². The van der Waals surface area contributed by atoms with Crippen LogP contribution in [-0.4, -0.2) is 12.1 Å². The van der Waals surface area contributed by atoms with Crippen molar-refractivity contribution in [1.29, 1.82) is 0 Å². The van der Waals surface area contributed by atoms with Crippen LogP contribution in [0, 0.1) is 5.92 Å². The Morgan fingerprint density at radius 3 is 2.00 bits per heavy atom. The minimum absolute atomic E-state index is 0. The third-order valence-electron chi connectivity index (χ3n) is 3.68. The Labute approximate surface area is 124 Å². The number of hydrogen-bond donors (Lipinski definition) is 2. The quantitative estimate of drug-likeness (QED) is 0.872. The number of halogens is 4. The van der Waals surface area contributed by atoms with Crippen LogP contribution in [0.5, 0.6) is 0 Å². The van der Waals surface area contributed by atoms with E-state index in [1.165, 1.54) is 12.1 Å². The lowest BCUT2D eigenvalue weighted by Crippen LogP contribution is -2.52. The number of benzene rings is 1. The van der Waals surface area contributed by atoms with Crippen LogP contribution in [0.3, 0.4) is 0 Å². The maximum atomic E-state index is 12.4. The molecule has 116 valence electrons. The zero-order valence-corrected chi connectivity index (χ0v) is 12.7. The molecule has 0 spiro atoms. The van der Waals surface area contributed by atoms with Gasteiger partial charge in [-0.15, -0.1) is 12.4 Å². The summed E-state index contributed by atoms with van der Waals surface area (Å²) in [6.07, 6.45) is -4.28. The third-order valence-corrected chi connectivity index (χ3v) is 3.68. The van der Waals surface area contributed by atoms with Crippen molar-refractivity contribution in [1.82, 2.24) is 5.32 Å². The molecule has 0 saturated carbocycles. The first kappa shape index (κ1) is 19.2. The fraction of sp³-hybridized carbons (Fsp3) is 0.571. The van der Waals surface area contributed by atoms with Crippen molar-refractivity contribution in [3.05, 3.63) is 35.4 Å². The molecule has 0 aliphatic heterocycles. The second kappa shape index (κ2) is 7.29. The number of nitrogens with one attached hydrogen (secondary N) is 1. The Balaban J connectivity index is 0.00000361. The Hall–Kier alpha value is -0.780.